The SMILES string of the molecule is CNCc1ccc(F)cc1-c1cc(F)c(C)cc1F. The van der Waals surface area contributed by atoms with Crippen molar-refractivity contribution in [3.63, 3.8) is 0 Å². The predicted molar refractivity (Wildman–Crippen MR) is 69.3 cm³/mol. The van der Waals surface area contributed by atoms with Crippen LogP contribution >= 0.6 is 0 Å². The number of benzene rings is 2. The highest BCUT2D eigenvalue weighted by molar-refractivity contribution is 5.68. The van der Waals surface area contributed by atoms with E-state index in [4.69, 9.17) is 0 Å². The van der Waals surface area contributed by atoms with Gasteiger partial charge in [-0.1, -0.05) is 6.07 Å². The van der Waals surface area contributed by atoms with Gasteiger partial charge in [0.25, 0.3) is 0 Å². The Labute approximate surface area is 110 Å². The summed E-state index contributed by atoms with van der Waals surface area (Å²) in [6, 6.07) is 6.33. The Morgan fingerprint density at radius 2 is 1.68 bits per heavy atom. The van der Waals surface area contributed by atoms with Crippen LogP contribution in [0.1, 0.15) is 11.1 Å². The Morgan fingerprint density at radius 1 is 0.947 bits per heavy atom. The zero-order valence-corrected chi connectivity index (χ0v) is 10.7. The van der Waals surface area contributed by atoms with Crippen LogP contribution in [0.5, 0.6) is 0 Å². The van der Waals surface area contributed by atoms with Crippen molar-refractivity contribution in [2.75, 3.05) is 7.05 Å². The molecule has 2 aromatic carbocycles. The molecular formula is C15H14F3N. The Hall–Kier alpha value is -1.81. The largest absolute Gasteiger partial charge is 0.316 e. The lowest BCUT2D eigenvalue weighted by Crippen LogP contribution is -2.07. The van der Waals surface area contributed by atoms with Crippen molar-refractivity contribution in [2.24, 2.45) is 0 Å². The molecule has 0 aliphatic heterocycles. The number of hydrogen-bond acceptors (Lipinski definition) is 1. The first-order valence-electron chi connectivity index (χ1n) is 5.92. The van der Waals surface area contributed by atoms with Gasteiger partial charge in [-0.05, 0) is 54.9 Å². The summed E-state index contributed by atoms with van der Waals surface area (Å²) in [5.41, 5.74) is 1.39. The molecule has 1 nitrogen and oxygen atoms in total. The van der Waals surface area contributed by atoms with Gasteiger partial charge in [0.05, 0.1) is 0 Å². The summed E-state index contributed by atoms with van der Waals surface area (Å²) >= 11 is 0. The molecule has 1 N–H and O–H groups in total. The molecule has 19 heavy (non-hydrogen) atoms. The van der Waals surface area contributed by atoms with Gasteiger partial charge in [0.15, 0.2) is 0 Å². The molecule has 0 atom stereocenters. The van der Waals surface area contributed by atoms with Crippen LogP contribution in [0.3, 0.4) is 0 Å². The minimum absolute atomic E-state index is 0.0767. The highest BCUT2D eigenvalue weighted by Gasteiger charge is 2.13. The van der Waals surface area contributed by atoms with Gasteiger partial charge in [0.1, 0.15) is 17.5 Å². The standard InChI is InChI=1S/C15H14F3N/c1-9-5-15(18)13(7-14(9)17)12-6-11(16)4-3-10(12)8-19-2/h3-7,19H,8H2,1-2H3. The van der Waals surface area contributed by atoms with E-state index in [9.17, 15) is 13.2 Å². The minimum Gasteiger partial charge on any atom is -0.316 e. The molecule has 0 amide bonds. The molecule has 0 saturated heterocycles. The lowest BCUT2D eigenvalue weighted by Gasteiger charge is -2.11. The van der Waals surface area contributed by atoms with Gasteiger partial charge in [-0.15, -0.1) is 0 Å². The number of aryl methyl sites for hydroxylation is 1. The third kappa shape index (κ3) is 2.79. The van der Waals surface area contributed by atoms with Crippen molar-refractivity contribution in [3.05, 3.63) is 58.9 Å². The number of rotatable bonds is 3. The van der Waals surface area contributed by atoms with Crippen molar-refractivity contribution >= 4 is 0 Å². The van der Waals surface area contributed by atoms with E-state index in [0.717, 1.165) is 12.1 Å². The van der Waals surface area contributed by atoms with Gasteiger partial charge >= 0.3 is 0 Å². The van der Waals surface area contributed by atoms with Crippen molar-refractivity contribution in [1.82, 2.24) is 5.32 Å². The summed E-state index contributed by atoms with van der Waals surface area (Å²) in [5, 5.41) is 2.92. The topological polar surface area (TPSA) is 12.0 Å². The summed E-state index contributed by atoms with van der Waals surface area (Å²) in [6.07, 6.45) is 0. The van der Waals surface area contributed by atoms with Crippen LogP contribution in [0, 0.1) is 24.4 Å². The molecule has 0 unspecified atom stereocenters. The second-order valence-electron chi connectivity index (χ2n) is 4.41. The molecular weight excluding hydrogens is 251 g/mol. The molecule has 0 saturated carbocycles. The van der Waals surface area contributed by atoms with E-state index in [-0.39, 0.29) is 11.1 Å². The van der Waals surface area contributed by atoms with Crippen LogP contribution in [0.4, 0.5) is 13.2 Å². The molecule has 0 fully saturated rings. The van der Waals surface area contributed by atoms with E-state index < -0.39 is 17.5 Å². The second-order valence-corrected chi connectivity index (χ2v) is 4.41. The second kappa shape index (κ2) is 5.45. The van der Waals surface area contributed by atoms with Gasteiger partial charge in [-0.2, -0.15) is 0 Å². The molecule has 0 bridgehead atoms. The molecule has 2 aromatic rings. The number of halogens is 3. The maximum absolute atomic E-state index is 14.0. The third-order valence-corrected chi connectivity index (χ3v) is 2.98. The molecule has 0 aliphatic rings. The highest BCUT2D eigenvalue weighted by atomic mass is 19.1. The van der Waals surface area contributed by atoms with Crippen molar-refractivity contribution in [2.45, 2.75) is 13.5 Å². The monoisotopic (exact) mass is 265 g/mol. The Morgan fingerprint density at radius 3 is 2.37 bits per heavy atom. The zero-order chi connectivity index (χ0) is 14.0. The highest BCUT2D eigenvalue weighted by Crippen LogP contribution is 2.29. The smallest absolute Gasteiger partial charge is 0.131 e. The van der Waals surface area contributed by atoms with Crippen LogP contribution in [0.2, 0.25) is 0 Å². The summed E-state index contributed by atoms with van der Waals surface area (Å²) < 4.78 is 40.9. The lowest BCUT2D eigenvalue weighted by atomic mass is 9.97. The number of nitrogens with one attached hydrogen (secondary N) is 1. The molecule has 2 rings (SSSR count). The van der Waals surface area contributed by atoms with Gasteiger partial charge in [-0.3, -0.25) is 0 Å². The van der Waals surface area contributed by atoms with E-state index in [1.54, 1.807) is 13.1 Å². The van der Waals surface area contributed by atoms with Crippen molar-refractivity contribution in [3.8, 4) is 11.1 Å². The summed E-state index contributed by atoms with van der Waals surface area (Å²) in [6.45, 7) is 1.94. The van der Waals surface area contributed by atoms with E-state index in [0.29, 0.717) is 17.7 Å². The summed E-state index contributed by atoms with van der Waals surface area (Å²) in [5.74, 6) is -1.53. The summed E-state index contributed by atoms with van der Waals surface area (Å²) in [7, 11) is 1.74. The Bertz CT molecular complexity index is 609. The molecule has 0 aliphatic carbocycles. The molecule has 0 heterocycles. The molecule has 4 heteroatoms. The minimum atomic E-state index is -0.554. The molecule has 0 radical (unpaired) electrons. The van der Waals surface area contributed by atoms with Crippen LogP contribution in [-0.2, 0) is 6.54 Å². The number of hydrogen-bond donors (Lipinski definition) is 1. The molecule has 0 aromatic heterocycles. The third-order valence-electron chi connectivity index (χ3n) is 2.98. The van der Waals surface area contributed by atoms with E-state index >= 15 is 0 Å². The van der Waals surface area contributed by atoms with Crippen LogP contribution in [0.15, 0.2) is 30.3 Å². The van der Waals surface area contributed by atoms with Gasteiger partial charge in [0, 0.05) is 12.1 Å². The first kappa shape index (κ1) is 13.6. The van der Waals surface area contributed by atoms with Crippen LogP contribution in [0.25, 0.3) is 11.1 Å². The van der Waals surface area contributed by atoms with Gasteiger partial charge < -0.3 is 5.32 Å². The fourth-order valence-electron chi connectivity index (χ4n) is 2.00. The zero-order valence-electron chi connectivity index (χ0n) is 10.7. The van der Waals surface area contributed by atoms with Crippen molar-refractivity contribution < 1.29 is 13.2 Å². The first-order valence-corrected chi connectivity index (χ1v) is 5.92. The molecule has 100 valence electrons. The maximum atomic E-state index is 14.0. The van der Waals surface area contributed by atoms with Crippen molar-refractivity contribution in [1.29, 1.82) is 0 Å². The van der Waals surface area contributed by atoms with Crippen LogP contribution in [-0.4, -0.2) is 7.05 Å². The van der Waals surface area contributed by atoms with Gasteiger partial charge in [-0.25, -0.2) is 13.2 Å². The van der Waals surface area contributed by atoms with E-state index in [1.807, 2.05) is 0 Å². The fraction of sp³-hybridized carbons (Fsp3) is 0.200. The summed E-state index contributed by atoms with van der Waals surface area (Å²) in [4.78, 5) is 0. The quantitative estimate of drug-likeness (QED) is 0.890. The van der Waals surface area contributed by atoms with Gasteiger partial charge in [0.2, 0.25) is 0 Å². The lowest BCUT2D eigenvalue weighted by molar-refractivity contribution is 0.594. The van der Waals surface area contributed by atoms with Crippen LogP contribution < -0.4 is 5.32 Å². The average molecular weight is 265 g/mol. The normalized spacial score (nSPS) is 10.8. The maximum Gasteiger partial charge on any atom is 0.131 e. The van der Waals surface area contributed by atoms with E-state index in [2.05, 4.69) is 5.32 Å². The Balaban J connectivity index is 2.63. The first-order chi connectivity index (χ1) is 9.02. The predicted octanol–water partition coefficient (Wildman–Crippen LogP) is 3.80. The fourth-order valence-corrected chi connectivity index (χ4v) is 2.00. The average Bonchev–Trinajstić information content (AvgIpc) is 2.36. The molecule has 0 spiro atoms. The Kier molecular flexibility index (Phi) is 3.90. The van der Waals surface area contributed by atoms with E-state index in [1.165, 1.54) is 19.1 Å².